The Labute approximate surface area is 231 Å². The number of piperidine rings is 1. The van der Waals surface area contributed by atoms with Gasteiger partial charge in [0, 0.05) is 43.5 Å². The minimum absolute atomic E-state index is 0.0560. The summed E-state index contributed by atoms with van der Waals surface area (Å²) in [5, 5.41) is 3.03. The Kier molecular flexibility index (Phi) is 6.04. The number of rotatable bonds is 5. The lowest BCUT2D eigenvalue weighted by atomic mass is 10.0. The van der Waals surface area contributed by atoms with E-state index in [0.29, 0.717) is 29.9 Å². The predicted octanol–water partition coefficient (Wildman–Crippen LogP) is 3.68. The molecule has 1 unspecified atom stereocenters. The van der Waals surface area contributed by atoms with E-state index in [4.69, 9.17) is 15.7 Å². The fraction of sp³-hybridized carbons (Fsp3) is 0.355. The lowest BCUT2D eigenvalue weighted by molar-refractivity contribution is 0.495. The van der Waals surface area contributed by atoms with Crippen LogP contribution in [0.1, 0.15) is 37.8 Å². The Morgan fingerprint density at radius 2 is 1.70 bits per heavy atom. The molecule has 0 amide bonds. The largest absolute Gasteiger partial charge is 0.341 e. The van der Waals surface area contributed by atoms with E-state index in [1.54, 1.807) is 7.05 Å². The third kappa shape index (κ3) is 4.03. The summed E-state index contributed by atoms with van der Waals surface area (Å²) in [5.41, 5.74) is 9.29. The van der Waals surface area contributed by atoms with Crippen molar-refractivity contribution in [1.82, 2.24) is 23.7 Å². The number of nitrogens with two attached hydrogens (primary N) is 1. The van der Waals surface area contributed by atoms with Crippen molar-refractivity contribution >= 4 is 38.8 Å². The molecule has 5 aromatic rings. The molecule has 9 heteroatoms. The summed E-state index contributed by atoms with van der Waals surface area (Å²) in [7, 11) is 1.70. The van der Waals surface area contributed by atoms with E-state index in [2.05, 4.69) is 23.1 Å². The number of anilines is 1. The number of para-hydroxylation sites is 1. The molecule has 1 saturated heterocycles. The molecule has 3 aromatic heterocycles. The Morgan fingerprint density at radius 3 is 2.48 bits per heavy atom. The van der Waals surface area contributed by atoms with Gasteiger partial charge in [0.1, 0.15) is 0 Å². The fourth-order valence-corrected chi connectivity index (χ4v) is 6.41. The van der Waals surface area contributed by atoms with Crippen molar-refractivity contribution in [2.75, 3.05) is 18.0 Å². The van der Waals surface area contributed by atoms with E-state index < -0.39 is 5.69 Å². The van der Waals surface area contributed by atoms with Crippen LogP contribution in [0.15, 0.2) is 69.8 Å². The highest BCUT2D eigenvalue weighted by Crippen LogP contribution is 2.29. The minimum atomic E-state index is -0.400. The van der Waals surface area contributed by atoms with E-state index >= 15 is 0 Å². The van der Waals surface area contributed by atoms with Gasteiger partial charge >= 0.3 is 5.69 Å². The fourth-order valence-electron chi connectivity index (χ4n) is 6.41. The maximum absolute atomic E-state index is 14.3. The molecule has 2 N–H and O–H groups in total. The lowest BCUT2D eigenvalue weighted by Crippen LogP contribution is -2.44. The van der Waals surface area contributed by atoms with Crippen molar-refractivity contribution in [3.05, 3.63) is 86.7 Å². The maximum atomic E-state index is 14.3. The third-order valence-corrected chi connectivity index (χ3v) is 8.44. The Bertz CT molecular complexity index is 1930. The van der Waals surface area contributed by atoms with Crippen molar-refractivity contribution in [1.29, 1.82) is 0 Å². The molecular weight excluding hydrogens is 502 g/mol. The molecule has 40 heavy (non-hydrogen) atoms. The highest BCUT2D eigenvalue weighted by Gasteiger charge is 2.27. The molecule has 7 rings (SSSR count). The van der Waals surface area contributed by atoms with Crippen LogP contribution in [0, 0.1) is 0 Å². The van der Waals surface area contributed by atoms with Crippen molar-refractivity contribution in [3.8, 4) is 0 Å². The summed E-state index contributed by atoms with van der Waals surface area (Å²) < 4.78 is 4.85. The number of imidazole rings is 1. The third-order valence-electron chi connectivity index (χ3n) is 8.44. The normalized spacial score (nSPS) is 17.8. The van der Waals surface area contributed by atoms with Crippen molar-refractivity contribution in [2.24, 2.45) is 12.8 Å². The number of fused-ring (bicyclic) bond motifs is 4. The smallest absolute Gasteiger partial charge is 0.332 e. The number of aromatic nitrogens is 5. The molecule has 1 atom stereocenters. The molecule has 0 radical (unpaired) electrons. The average Bonchev–Trinajstić information content (AvgIpc) is 3.63. The Hall–Kier alpha value is -4.24. The van der Waals surface area contributed by atoms with Crippen LogP contribution in [0.3, 0.4) is 0 Å². The van der Waals surface area contributed by atoms with Gasteiger partial charge in [-0.1, -0.05) is 54.1 Å². The summed E-state index contributed by atoms with van der Waals surface area (Å²) in [6.45, 7) is 2.16. The maximum Gasteiger partial charge on any atom is 0.332 e. The van der Waals surface area contributed by atoms with Gasteiger partial charge < -0.3 is 15.2 Å². The highest BCUT2D eigenvalue weighted by atomic mass is 16.2. The van der Waals surface area contributed by atoms with E-state index in [1.807, 2.05) is 41.0 Å². The zero-order valence-corrected chi connectivity index (χ0v) is 22.7. The van der Waals surface area contributed by atoms with Gasteiger partial charge in [0.2, 0.25) is 5.95 Å². The SMILES string of the molecule is Cn1c(=O)n(Cc2nc3ccccc3c3ccccc23)c(=O)c2c1nc(N1CCCC(N)C1)n2CC1=CCCC1. The van der Waals surface area contributed by atoms with Crippen LogP contribution >= 0.6 is 0 Å². The van der Waals surface area contributed by atoms with Crippen LogP contribution in [0.25, 0.3) is 32.8 Å². The summed E-state index contributed by atoms with van der Waals surface area (Å²) in [4.78, 5) is 40.0. The molecule has 204 valence electrons. The van der Waals surface area contributed by atoms with Crippen molar-refractivity contribution < 1.29 is 0 Å². The number of benzene rings is 2. The van der Waals surface area contributed by atoms with E-state index in [1.165, 1.54) is 14.7 Å². The van der Waals surface area contributed by atoms with Crippen LogP contribution in [-0.2, 0) is 20.1 Å². The molecule has 9 nitrogen and oxygen atoms in total. The van der Waals surface area contributed by atoms with Gasteiger partial charge in [0.05, 0.1) is 17.8 Å². The molecular formula is C31H33N7O2. The number of aryl methyl sites for hydroxylation is 1. The molecule has 2 aliphatic rings. The van der Waals surface area contributed by atoms with Gasteiger partial charge in [-0.15, -0.1) is 0 Å². The zero-order valence-electron chi connectivity index (χ0n) is 22.7. The molecule has 0 saturated carbocycles. The van der Waals surface area contributed by atoms with Gasteiger partial charge in [0.15, 0.2) is 11.2 Å². The number of allylic oxidation sites excluding steroid dienone is 2. The van der Waals surface area contributed by atoms with Gasteiger partial charge in [-0.2, -0.15) is 4.98 Å². The summed E-state index contributed by atoms with van der Waals surface area (Å²) in [6.07, 6.45) is 7.39. The quantitative estimate of drug-likeness (QED) is 0.272. The monoisotopic (exact) mass is 535 g/mol. The second-order valence-corrected chi connectivity index (χ2v) is 11.1. The first-order valence-electron chi connectivity index (χ1n) is 14.1. The summed E-state index contributed by atoms with van der Waals surface area (Å²) in [6, 6.07) is 16.1. The highest BCUT2D eigenvalue weighted by molar-refractivity contribution is 6.06. The number of nitrogens with zero attached hydrogens (tertiary/aromatic N) is 6. The van der Waals surface area contributed by atoms with Crippen molar-refractivity contribution in [2.45, 2.75) is 51.2 Å². The van der Waals surface area contributed by atoms with E-state index in [-0.39, 0.29) is 18.1 Å². The van der Waals surface area contributed by atoms with Gasteiger partial charge in [-0.05, 0) is 43.6 Å². The number of hydrogen-bond donors (Lipinski definition) is 1. The standard InChI is InChI=1S/C31H33N7O2/c1-35-28-27(37(17-20-9-2-3-10-20)30(34-28)36-16-8-11-21(32)18-36)29(39)38(31(35)40)19-26-24-14-5-4-12-22(24)23-13-6-7-15-25(23)33-26/h4-7,9,12-15,21H,2-3,8,10-11,16-19,32H2,1H3. The lowest BCUT2D eigenvalue weighted by Gasteiger charge is -2.32. The summed E-state index contributed by atoms with van der Waals surface area (Å²) in [5.74, 6) is 0.720. The zero-order chi connectivity index (χ0) is 27.4. The van der Waals surface area contributed by atoms with Crippen LogP contribution in [0.4, 0.5) is 5.95 Å². The van der Waals surface area contributed by atoms with Gasteiger partial charge in [-0.3, -0.25) is 18.9 Å². The summed E-state index contributed by atoms with van der Waals surface area (Å²) >= 11 is 0. The minimum Gasteiger partial charge on any atom is -0.341 e. The molecule has 1 fully saturated rings. The molecule has 1 aliphatic heterocycles. The Morgan fingerprint density at radius 1 is 0.925 bits per heavy atom. The van der Waals surface area contributed by atoms with Crippen molar-refractivity contribution in [3.63, 3.8) is 0 Å². The molecule has 0 bridgehead atoms. The van der Waals surface area contributed by atoms with E-state index in [0.717, 1.165) is 66.3 Å². The first-order chi connectivity index (χ1) is 19.5. The van der Waals surface area contributed by atoms with Crippen LogP contribution in [-0.4, -0.2) is 42.8 Å². The molecule has 0 spiro atoms. The van der Waals surface area contributed by atoms with Gasteiger partial charge in [0.25, 0.3) is 5.56 Å². The second kappa shape index (κ2) is 9.75. The molecule has 2 aromatic carbocycles. The first-order valence-corrected chi connectivity index (χ1v) is 14.1. The topological polar surface area (TPSA) is 104 Å². The first kappa shape index (κ1) is 24.8. The number of hydrogen-bond acceptors (Lipinski definition) is 6. The molecule has 4 heterocycles. The van der Waals surface area contributed by atoms with Gasteiger partial charge in [-0.25, -0.2) is 4.79 Å². The average molecular weight is 536 g/mol. The number of pyridine rings is 1. The van der Waals surface area contributed by atoms with Crippen LogP contribution in [0.2, 0.25) is 0 Å². The second-order valence-electron chi connectivity index (χ2n) is 11.1. The molecule has 1 aliphatic carbocycles. The van der Waals surface area contributed by atoms with Crippen LogP contribution in [0.5, 0.6) is 0 Å². The Balaban J connectivity index is 1.44. The van der Waals surface area contributed by atoms with Crippen LogP contribution < -0.4 is 21.9 Å². The van der Waals surface area contributed by atoms with E-state index in [9.17, 15) is 9.59 Å². The predicted molar refractivity (Wildman–Crippen MR) is 159 cm³/mol.